The molecular formula is C22H42O6Si2. The summed E-state index contributed by atoms with van der Waals surface area (Å²) in [4.78, 5) is 0. The van der Waals surface area contributed by atoms with E-state index in [-0.39, 0.29) is 0 Å². The van der Waals surface area contributed by atoms with Gasteiger partial charge in [0.25, 0.3) is 0 Å². The molecule has 30 heavy (non-hydrogen) atoms. The third kappa shape index (κ3) is 8.88. The van der Waals surface area contributed by atoms with Crippen LogP contribution < -0.4 is 0 Å². The summed E-state index contributed by atoms with van der Waals surface area (Å²) in [7, 11) is -5.33. The number of benzene rings is 1. The van der Waals surface area contributed by atoms with E-state index >= 15 is 0 Å². The van der Waals surface area contributed by atoms with Crippen LogP contribution in [-0.4, -0.2) is 57.3 Å². The van der Waals surface area contributed by atoms with Crippen molar-refractivity contribution in [2.75, 3.05) is 39.6 Å². The lowest BCUT2D eigenvalue weighted by molar-refractivity contribution is 0.0702. The minimum absolute atomic E-state index is 0.596. The average Bonchev–Trinajstić information content (AvgIpc) is 2.73. The number of hydrogen-bond acceptors (Lipinski definition) is 6. The molecule has 0 saturated heterocycles. The summed E-state index contributed by atoms with van der Waals surface area (Å²) in [6.45, 7) is 15.5. The van der Waals surface area contributed by atoms with Crippen molar-refractivity contribution in [3.05, 3.63) is 35.4 Å². The summed E-state index contributed by atoms with van der Waals surface area (Å²) in [5.74, 6) is 0. The van der Waals surface area contributed by atoms with Crippen LogP contribution in [0.5, 0.6) is 0 Å². The van der Waals surface area contributed by atoms with Crippen molar-refractivity contribution < 1.29 is 26.6 Å². The molecule has 0 radical (unpaired) electrons. The second-order valence-electron chi connectivity index (χ2n) is 6.73. The molecule has 0 atom stereocenters. The van der Waals surface area contributed by atoms with E-state index in [2.05, 4.69) is 24.3 Å². The second kappa shape index (κ2) is 15.3. The van der Waals surface area contributed by atoms with Crippen LogP contribution in [-0.2, 0) is 39.4 Å². The van der Waals surface area contributed by atoms with Crippen molar-refractivity contribution in [1.29, 1.82) is 0 Å². The van der Waals surface area contributed by atoms with Crippen molar-refractivity contribution in [2.45, 2.75) is 66.5 Å². The minimum Gasteiger partial charge on any atom is -0.374 e. The van der Waals surface area contributed by atoms with Crippen LogP contribution in [0.4, 0.5) is 0 Å². The summed E-state index contributed by atoms with van der Waals surface area (Å²) in [5, 5.41) is 0. The molecule has 0 aliphatic rings. The van der Waals surface area contributed by atoms with Gasteiger partial charge in [-0.15, -0.1) is 0 Å². The Hall–Kier alpha value is -0.586. The van der Waals surface area contributed by atoms with E-state index in [1.165, 1.54) is 11.1 Å². The predicted octanol–water partition coefficient (Wildman–Crippen LogP) is 4.87. The van der Waals surface area contributed by atoms with Gasteiger partial charge in [0.15, 0.2) is 0 Å². The number of hydrogen-bond donors (Lipinski definition) is 0. The Kier molecular flexibility index (Phi) is 14.0. The van der Waals surface area contributed by atoms with Crippen molar-refractivity contribution in [1.82, 2.24) is 0 Å². The molecule has 174 valence electrons. The smallest absolute Gasteiger partial charge is 0.374 e. The second-order valence-corrected chi connectivity index (χ2v) is 12.2. The Labute approximate surface area is 185 Å². The van der Waals surface area contributed by atoms with E-state index < -0.39 is 17.6 Å². The molecule has 0 heterocycles. The van der Waals surface area contributed by atoms with Gasteiger partial charge < -0.3 is 26.6 Å². The zero-order valence-electron chi connectivity index (χ0n) is 19.8. The standard InChI is InChI=1S/C22H42O6Si2/c1-7-23-29(24-8-2,25-9-3)19-17-21-15-13-14-16-22(21)18-20-30(26-10-4,27-11-5)28-12-6/h13-16H,7-12,17-20H2,1-6H3. The van der Waals surface area contributed by atoms with E-state index in [9.17, 15) is 0 Å². The highest BCUT2D eigenvalue weighted by molar-refractivity contribution is 6.61. The van der Waals surface area contributed by atoms with E-state index in [1.54, 1.807) is 0 Å². The lowest BCUT2D eigenvalue weighted by Gasteiger charge is -2.29. The summed E-state index contributed by atoms with van der Waals surface area (Å²) in [6, 6.07) is 10.1. The molecule has 0 fully saturated rings. The van der Waals surface area contributed by atoms with Gasteiger partial charge in [-0.05, 0) is 65.5 Å². The maximum atomic E-state index is 6.02. The predicted molar refractivity (Wildman–Crippen MR) is 125 cm³/mol. The van der Waals surface area contributed by atoms with Crippen LogP contribution in [0.1, 0.15) is 52.7 Å². The van der Waals surface area contributed by atoms with Crippen LogP contribution in [0.25, 0.3) is 0 Å². The fourth-order valence-corrected chi connectivity index (χ4v) is 8.78. The van der Waals surface area contributed by atoms with Crippen LogP contribution in [0.15, 0.2) is 24.3 Å². The van der Waals surface area contributed by atoms with Crippen LogP contribution in [0, 0.1) is 0 Å². The molecule has 0 saturated carbocycles. The molecule has 8 heteroatoms. The minimum atomic E-state index is -2.66. The Morgan fingerprint density at radius 3 is 1.00 bits per heavy atom. The highest BCUT2D eigenvalue weighted by Gasteiger charge is 2.41. The average molecular weight is 459 g/mol. The van der Waals surface area contributed by atoms with Crippen molar-refractivity contribution in [3.8, 4) is 0 Å². The molecule has 6 nitrogen and oxygen atoms in total. The SMILES string of the molecule is CCO[Si](CCc1ccccc1CC[Si](OCC)(OCC)OCC)(OCC)OCC. The first kappa shape index (κ1) is 27.4. The molecule has 1 aromatic rings. The molecule has 0 unspecified atom stereocenters. The van der Waals surface area contributed by atoms with Gasteiger partial charge in [-0.25, -0.2) is 0 Å². The van der Waals surface area contributed by atoms with Gasteiger partial charge in [-0.1, -0.05) is 24.3 Å². The molecule has 0 amide bonds. The molecule has 0 aliphatic heterocycles. The maximum Gasteiger partial charge on any atom is 0.501 e. The van der Waals surface area contributed by atoms with Gasteiger partial charge in [0.2, 0.25) is 0 Å². The zero-order chi connectivity index (χ0) is 22.3. The summed E-state index contributed by atoms with van der Waals surface area (Å²) in [5.41, 5.74) is 2.58. The Bertz CT molecular complexity index is 489. The highest BCUT2D eigenvalue weighted by Crippen LogP contribution is 2.24. The zero-order valence-corrected chi connectivity index (χ0v) is 21.8. The summed E-state index contributed by atoms with van der Waals surface area (Å²) < 4.78 is 36.1. The lowest BCUT2D eigenvalue weighted by atomic mass is 10.0. The monoisotopic (exact) mass is 458 g/mol. The lowest BCUT2D eigenvalue weighted by Crippen LogP contribution is -2.46. The largest absolute Gasteiger partial charge is 0.501 e. The van der Waals surface area contributed by atoms with Crippen LogP contribution in [0.2, 0.25) is 12.1 Å². The Balaban J connectivity index is 2.95. The molecule has 0 bridgehead atoms. The third-order valence-electron chi connectivity index (χ3n) is 4.70. The molecule has 1 aromatic carbocycles. The van der Waals surface area contributed by atoms with E-state index in [0.717, 1.165) is 24.9 Å². The summed E-state index contributed by atoms with van der Waals surface area (Å²) in [6.07, 6.45) is 1.71. The van der Waals surface area contributed by atoms with Gasteiger partial charge >= 0.3 is 17.6 Å². The van der Waals surface area contributed by atoms with Crippen molar-refractivity contribution >= 4 is 17.6 Å². The maximum absolute atomic E-state index is 6.02. The normalized spacial score (nSPS) is 12.5. The molecule has 0 aliphatic carbocycles. The number of rotatable bonds is 18. The fraction of sp³-hybridized carbons (Fsp3) is 0.727. The summed E-state index contributed by atoms with van der Waals surface area (Å²) >= 11 is 0. The quantitative estimate of drug-likeness (QED) is 0.293. The highest BCUT2D eigenvalue weighted by atomic mass is 28.4. The first-order chi connectivity index (χ1) is 14.5. The molecule has 0 N–H and O–H groups in total. The van der Waals surface area contributed by atoms with Crippen LogP contribution >= 0.6 is 0 Å². The first-order valence-corrected chi connectivity index (χ1v) is 15.3. The molecule has 1 rings (SSSR count). The molecule has 0 spiro atoms. The van der Waals surface area contributed by atoms with Crippen molar-refractivity contribution in [3.63, 3.8) is 0 Å². The van der Waals surface area contributed by atoms with Gasteiger partial charge in [0.05, 0.1) is 0 Å². The van der Waals surface area contributed by atoms with Crippen molar-refractivity contribution in [2.24, 2.45) is 0 Å². The molecule has 0 aromatic heterocycles. The third-order valence-corrected chi connectivity index (χ3v) is 10.8. The Morgan fingerprint density at radius 1 is 0.500 bits per heavy atom. The fourth-order valence-electron chi connectivity index (χ4n) is 3.62. The van der Waals surface area contributed by atoms with E-state index in [1.807, 2.05) is 41.5 Å². The topological polar surface area (TPSA) is 55.4 Å². The van der Waals surface area contributed by atoms with E-state index in [4.69, 9.17) is 26.6 Å². The Morgan fingerprint density at radius 2 is 0.767 bits per heavy atom. The van der Waals surface area contributed by atoms with Crippen LogP contribution in [0.3, 0.4) is 0 Å². The van der Waals surface area contributed by atoms with Gasteiger partial charge in [-0.3, -0.25) is 0 Å². The first-order valence-electron chi connectivity index (χ1n) is 11.4. The van der Waals surface area contributed by atoms with Gasteiger partial charge in [-0.2, -0.15) is 0 Å². The van der Waals surface area contributed by atoms with Gasteiger partial charge in [0.1, 0.15) is 0 Å². The number of aryl methyl sites for hydroxylation is 2. The van der Waals surface area contributed by atoms with E-state index in [0.29, 0.717) is 39.6 Å². The molecular weight excluding hydrogens is 416 g/mol. The van der Waals surface area contributed by atoms with Gasteiger partial charge in [0, 0.05) is 51.7 Å².